The molecule has 0 radical (unpaired) electrons. The van der Waals surface area contributed by atoms with Crippen LogP contribution >= 0.6 is 0 Å². The van der Waals surface area contributed by atoms with Gasteiger partial charge in [-0.1, -0.05) is 141 Å². The molecule has 41 heavy (non-hydrogen) atoms. The van der Waals surface area contributed by atoms with E-state index in [0.29, 0.717) is 13.0 Å². The van der Waals surface area contributed by atoms with E-state index in [0.717, 1.165) is 43.2 Å². The fraction of sp³-hybridized carbons (Fsp3) is 0.649. The summed E-state index contributed by atoms with van der Waals surface area (Å²) in [5.41, 5.74) is 1.93. The largest absolute Gasteiger partial charge is 0.508 e. The molecular weight excluding hydrogens is 508 g/mol. The molecule has 0 saturated heterocycles. The van der Waals surface area contributed by atoms with Gasteiger partial charge in [0.15, 0.2) is 0 Å². The third-order valence-corrected chi connectivity index (χ3v) is 8.58. The van der Waals surface area contributed by atoms with E-state index >= 15 is 0 Å². The van der Waals surface area contributed by atoms with Gasteiger partial charge in [0, 0.05) is 11.8 Å². The fourth-order valence-electron chi connectivity index (χ4n) is 5.77. The smallest absolute Gasteiger partial charge is 0.305 e. The van der Waals surface area contributed by atoms with Crippen molar-refractivity contribution in [2.24, 2.45) is 0 Å². The predicted molar refractivity (Wildman–Crippen MR) is 172 cm³/mol. The van der Waals surface area contributed by atoms with Gasteiger partial charge in [-0.15, -0.1) is 0 Å². The van der Waals surface area contributed by atoms with Crippen LogP contribution in [0.5, 0.6) is 11.5 Å². The van der Waals surface area contributed by atoms with Crippen LogP contribution in [0.15, 0.2) is 48.5 Å². The molecule has 0 heterocycles. The van der Waals surface area contributed by atoms with Crippen molar-refractivity contribution in [1.82, 2.24) is 0 Å². The van der Waals surface area contributed by atoms with Crippen molar-refractivity contribution in [3.8, 4) is 11.5 Å². The normalized spacial score (nSPS) is 11.6. The first-order valence-corrected chi connectivity index (χ1v) is 16.7. The Balaban J connectivity index is 1.49. The highest BCUT2D eigenvalue weighted by Crippen LogP contribution is 2.38. The Labute approximate surface area is 250 Å². The number of rotatable bonds is 24. The van der Waals surface area contributed by atoms with E-state index in [-0.39, 0.29) is 22.9 Å². The molecule has 0 spiro atoms. The molecule has 0 aliphatic carbocycles. The van der Waals surface area contributed by atoms with Gasteiger partial charge in [0.25, 0.3) is 0 Å². The molecule has 0 aromatic heterocycles. The van der Waals surface area contributed by atoms with E-state index in [9.17, 15) is 15.0 Å². The van der Waals surface area contributed by atoms with Gasteiger partial charge in [0.1, 0.15) is 11.5 Å². The third kappa shape index (κ3) is 14.8. The number of hydrogen-bond acceptors (Lipinski definition) is 4. The highest BCUT2D eigenvalue weighted by molar-refractivity contribution is 5.69. The maximum atomic E-state index is 12.3. The standard InChI is InChI=1S/C37H58O4/c1-3-4-5-6-7-8-9-10-11-12-13-14-15-16-17-20-31-41-36(40)21-18-19-30-37(2,32-22-26-34(38)27-23-32)33-24-28-35(39)29-25-33/h22-29,38-39H,3-21,30-31H2,1-2H3. The molecule has 0 atom stereocenters. The molecule has 230 valence electrons. The van der Waals surface area contributed by atoms with Crippen molar-refractivity contribution < 1.29 is 19.7 Å². The minimum Gasteiger partial charge on any atom is -0.508 e. The summed E-state index contributed by atoms with van der Waals surface area (Å²) in [6.45, 7) is 5.00. The van der Waals surface area contributed by atoms with Crippen molar-refractivity contribution in [2.75, 3.05) is 6.61 Å². The molecule has 2 aromatic carbocycles. The molecule has 2 rings (SSSR count). The number of ether oxygens (including phenoxy) is 1. The summed E-state index contributed by atoms with van der Waals surface area (Å²) < 4.78 is 5.49. The Hall–Kier alpha value is -2.49. The van der Waals surface area contributed by atoms with E-state index in [1.54, 1.807) is 24.3 Å². The van der Waals surface area contributed by atoms with Crippen molar-refractivity contribution in [1.29, 1.82) is 0 Å². The number of phenolic OH excluding ortho intramolecular Hbond substituents is 2. The molecule has 2 N–H and O–H groups in total. The Kier molecular flexibility index (Phi) is 18.0. The van der Waals surface area contributed by atoms with Crippen molar-refractivity contribution in [2.45, 2.75) is 148 Å². The average Bonchev–Trinajstić information content (AvgIpc) is 2.97. The number of hydrogen-bond donors (Lipinski definition) is 2. The summed E-state index contributed by atoms with van der Waals surface area (Å²) in [7, 11) is 0. The molecule has 4 heteroatoms. The number of carbonyl (C=O) groups is 1. The lowest BCUT2D eigenvalue weighted by molar-refractivity contribution is -0.143. The van der Waals surface area contributed by atoms with Crippen LogP contribution in [-0.4, -0.2) is 22.8 Å². The number of benzene rings is 2. The van der Waals surface area contributed by atoms with Gasteiger partial charge < -0.3 is 14.9 Å². The predicted octanol–water partition coefficient (Wildman–Crippen LogP) is 10.8. The fourth-order valence-corrected chi connectivity index (χ4v) is 5.77. The minimum absolute atomic E-state index is 0.0954. The van der Waals surface area contributed by atoms with Gasteiger partial charge in [-0.2, -0.15) is 0 Å². The first kappa shape index (κ1) is 34.7. The SMILES string of the molecule is CCCCCCCCCCCCCCCCCCOC(=O)CCCCC(C)(c1ccc(O)cc1)c1ccc(O)cc1. The second-order valence-corrected chi connectivity index (χ2v) is 12.2. The van der Waals surface area contributed by atoms with Crippen LogP contribution in [0.25, 0.3) is 0 Å². The second-order valence-electron chi connectivity index (χ2n) is 12.2. The monoisotopic (exact) mass is 566 g/mol. The Morgan fingerprint density at radius 3 is 1.39 bits per heavy atom. The van der Waals surface area contributed by atoms with Crippen LogP contribution in [-0.2, 0) is 14.9 Å². The van der Waals surface area contributed by atoms with Gasteiger partial charge in [-0.25, -0.2) is 0 Å². The number of phenols is 2. The first-order valence-electron chi connectivity index (χ1n) is 16.7. The molecule has 0 amide bonds. The van der Waals surface area contributed by atoms with Crippen LogP contribution < -0.4 is 0 Å². The lowest BCUT2D eigenvalue weighted by atomic mass is 9.72. The Morgan fingerprint density at radius 2 is 0.976 bits per heavy atom. The topological polar surface area (TPSA) is 66.8 Å². The van der Waals surface area contributed by atoms with Gasteiger partial charge >= 0.3 is 5.97 Å². The molecule has 0 fully saturated rings. The highest BCUT2D eigenvalue weighted by atomic mass is 16.5. The van der Waals surface area contributed by atoms with Crippen molar-refractivity contribution >= 4 is 5.97 Å². The van der Waals surface area contributed by atoms with Gasteiger partial charge in [0.2, 0.25) is 0 Å². The van der Waals surface area contributed by atoms with Crippen molar-refractivity contribution in [3.63, 3.8) is 0 Å². The zero-order chi connectivity index (χ0) is 29.6. The van der Waals surface area contributed by atoms with Gasteiger partial charge in [-0.05, 0) is 54.7 Å². The molecule has 2 aromatic rings. The summed E-state index contributed by atoms with van der Waals surface area (Å²) in [6.07, 6.45) is 24.4. The van der Waals surface area contributed by atoms with E-state index in [1.165, 1.54) is 89.9 Å². The highest BCUT2D eigenvalue weighted by Gasteiger charge is 2.28. The quantitative estimate of drug-likeness (QED) is 0.0979. The number of esters is 1. The summed E-state index contributed by atoms with van der Waals surface area (Å²) in [6, 6.07) is 14.7. The molecular formula is C37H58O4. The second kappa shape index (κ2) is 21.2. The van der Waals surface area contributed by atoms with Crippen LogP contribution in [0.4, 0.5) is 0 Å². The van der Waals surface area contributed by atoms with E-state index in [2.05, 4.69) is 13.8 Å². The van der Waals surface area contributed by atoms with E-state index in [4.69, 9.17) is 4.74 Å². The van der Waals surface area contributed by atoms with Crippen LogP contribution in [0.2, 0.25) is 0 Å². The molecule has 0 unspecified atom stereocenters. The molecule has 0 saturated carbocycles. The Bertz CT molecular complexity index is 873. The van der Waals surface area contributed by atoms with E-state index < -0.39 is 0 Å². The lowest BCUT2D eigenvalue weighted by Gasteiger charge is -2.31. The molecule has 0 aliphatic rings. The summed E-state index contributed by atoms with van der Waals surface area (Å²) in [5.74, 6) is 0.393. The Morgan fingerprint density at radius 1 is 0.585 bits per heavy atom. The third-order valence-electron chi connectivity index (χ3n) is 8.58. The summed E-state index contributed by atoms with van der Waals surface area (Å²) in [4.78, 5) is 12.3. The van der Waals surface area contributed by atoms with Crippen LogP contribution in [0.1, 0.15) is 153 Å². The zero-order valence-electron chi connectivity index (χ0n) is 26.2. The van der Waals surface area contributed by atoms with Gasteiger partial charge in [-0.3, -0.25) is 4.79 Å². The molecule has 0 bridgehead atoms. The summed E-state index contributed by atoms with van der Waals surface area (Å²) in [5, 5.41) is 19.5. The van der Waals surface area contributed by atoms with Crippen molar-refractivity contribution in [3.05, 3.63) is 59.7 Å². The minimum atomic E-state index is -0.279. The first-order chi connectivity index (χ1) is 20.0. The van der Waals surface area contributed by atoms with Crippen LogP contribution in [0.3, 0.4) is 0 Å². The lowest BCUT2D eigenvalue weighted by Crippen LogP contribution is -2.23. The molecule has 4 nitrogen and oxygen atoms in total. The zero-order valence-corrected chi connectivity index (χ0v) is 26.2. The number of unbranched alkanes of at least 4 members (excludes halogenated alkanes) is 16. The molecule has 0 aliphatic heterocycles. The number of carbonyl (C=O) groups excluding carboxylic acids is 1. The maximum absolute atomic E-state index is 12.3. The van der Waals surface area contributed by atoms with Gasteiger partial charge in [0.05, 0.1) is 6.61 Å². The van der Waals surface area contributed by atoms with Crippen LogP contribution in [0, 0.1) is 0 Å². The maximum Gasteiger partial charge on any atom is 0.305 e. The van der Waals surface area contributed by atoms with E-state index in [1.807, 2.05) is 24.3 Å². The summed E-state index contributed by atoms with van der Waals surface area (Å²) >= 11 is 0. The average molecular weight is 567 g/mol. The number of aromatic hydroxyl groups is 2.